The van der Waals surface area contributed by atoms with Crippen LogP contribution in [-0.4, -0.2) is 39.1 Å². The average Bonchev–Trinajstić information content (AvgIpc) is 3.23. The number of nitrogens with zero attached hydrogens (tertiary/aromatic N) is 5. The lowest BCUT2D eigenvalue weighted by Gasteiger charge is -2.14. The Bertz CT molecular complexity index is 1040. The third-order valence-corrected chi connectivity index (χ3v) is 5.07. The normalized spacial score (nSPS) is 10.9. The van der Waals surface area contributed by atoms with Crippen molar-refractivity contribution in [2.24, 2.45) is 0 Å². The van der Waals surface area contributed by atoms with Gasteiger partial charge < -0.3 is 10.2 Å². The van der Waals surface area contributed by atoms with E-state index in [-0.39, 0.29) is 12.5 Å². The summed E-state index contributed by atoms with van der Waals surface area (Å²) in [5.41, 5.74) is 3.71. The summed E-state index contributed by atoms with van der Waals surface area (Å²) in [5, 5.41) is 8.15. The zero-order valence-electron chi connectivity index (χ0n) is 15.0. The van der Waals surface area contributed by atoms with E-state index in [0.29, 0.717) is 0 Å². The Morgan fingerprint density at radius 3 is 2.78 bits per heavy atom. The van der Waals surface area contributed by atoms with Gasteiger partial charge in [0.1, 0.15) is 0 Å². The summed E-state index contributed by atoms with van der Waals surface area (Å²) in [7, 11) is 1.84. The van der Waals surface area contributed by atoms with Crippen molar-refractivity contribution >= 4 is 33.0 Å². The number of imidazole rings is 1. The maximum absolute atomic E-state index is 12.3. The van der Waals surface area contributed by atoms with Gasteiger partial charge >= 0.3 is 0 Å². The van der Waals surface area contributed by atoms with Crippen LogP contribution in [0, 0.1) is 6.92 Å². The van der Waals surface area contributed by atoms with Crippen LogP contribution < -0.4 is 10.2 Å². The fourth-order valence-electron chi connectivity index (χ4n) is 2.62. The van der Waals surface area contributed by atoms with E-state index in [1.54, 1.807) is 16.9 Å². The van der Waals surface area contributed by atoms with Crippen molar-refractivity contribution < 1.29 is 4.79 Å². The van der Waals surface area contributed by atoms with Crippen LogP contribution in [0.4, 0.5) is 10.8 Å². The number of hydrogen-bond acceptors (Lipinski definition) is 6. The molecule has 0 saturated carbocycles. The van der Waals surface area contributed by atoms with E-state index in [0.717, 1.165) is 32.6 Å². The maximum Gasteiger partial charge on any atom is 0.243 e. The summed E-state index contributed by atoms with van der Waals surface area (Å²) in [6.45, 7) is 2.22. The third-order valence-electron chi connectivity index (χ3n) is 4.03. The van der Waals surface area contributed by atoms with Crippen molar-refractivity contribution in [3.05, 3.63) is 60.6 Å². The van der Waals surface area contributed by atoms with Crippen molar-refractivity contribution in [2.45, 2.75) is 6.92 Å². The summed E-state index contributed by atoms with van der Waals surface area (Å²) >= 11 is 1.44. The van der Waals surface area contributed by atoms with Crippen LogP contribution in [0.25, 0.3) is 16.2 Å². The number of amides is 1. The average molecular weight is 378 g/mol. The molecule has 0 aliphatic heterocycles. The Balaban J connectivity index is 1.44. The summed E-state index contributed by atoms with van der Waals surface area (Å²) in [4.78, 5) is 23.6. The van der Waals surface area contributed by atoms with E-state index >= 15 is 0 Å². The molecule has 0 saturated heterocycles. The standard InChI is InChI=1S/C19H18N6OS/c1-13-5-7-15(8-6-13)21-17(26)12-24(2)19-23-25-11-16(22-18(25)27-19)14-4-3-9-20-10-14/h3-11H,12H2,1-2H3,(H,21,26). The van der Waals surface area contributed by atoms with E-state index < -0.39 is 0 Å². The van der Waals surface area contributed by atoms with Crippen molar-refractivity contribution in [3.63, 3.8) is 0 Å². The summed E-state index contributed by atoms with van der Waals surface area (Å²) < 4.78 is 1.73. The number of anilines is 2. The first-order valence-electron chi connectivity index (χ1n) is 8.43. The lowest BCUT2D eigenvalue weighted by Crippen LogP contribution is -2.30. The number of fused-ring (bicyclic) bond motifs is 1. The second-order valence-electron chi connectivity index (χ2n) is 6.25. The van der Waals surface area contributed by atoms with E-state index in [1.807, 2.05) is 61.5 Å². The monoisotopic (exact) mass is 378 g/mol. The van der Waals surface area contributed by atoms with Gasteiger partial charge in [0, 0.05) is 30.7 Å². The van der Waals surface area contributed by atoms with Crippen LogP contribution in [0.2, 0.25) is 0 Å². The molecule has 0 bridgehead atoms. The fraction of sp³-hybridized carbons (Fsp3) is 0.158. The lowest BCUT2D eigenvalue weighted by atomic mass is 10.2. The van der Waals surface area contributed by atoms with Crippen molar-refractivity contribution in [1.29, 1.82) is 0 Å². The largest absolute Gasteiger partial charge is 0.340 e. The molecule has 1 amide bonds. The molecule has 0 radical (unpaired) electrons. The number of hydrogen-bond donors (Lipinski definition) is 1. The fourth-order valence-corrected chi connectivity index (χ4v) is 3.46. The van der Waals surface area contributed by atoms with Gasteiger partial charge in [-0.25, -0.2) is 9.50 Å². The smallest absolute Gasteiger partial charge is 0.243 e. The summed E-state index contributed by atoms with van der Waals surface area (Å²) in [5.74, 6) is -0.0924. The first-order chi connectivity index (χ1) is 13.1. The van der Waals surface area contributed by atoms with Gasteiger partial charge in [-0.3, -0.25) is 9.78 Å². The Morgan fingerprint density at radius 2 is 2.07 bits per heavy atom. The Morgan fingerprint density at radius 1 is 1.26 bits per heavy atom. The van der Waals surface area contributed by atoms with Gasteiger partial charge in [-0.15, -0.1) is 5.10 Å². The van der Waals surface area contributed by atoms with Gasteiger partial charge in [0.15, 0.2) is 0 Å². The van der Waals surface area contributed by atoms with Crippen LogP contribution in [0.5, 0.6) is 0 Å². The number of rotatable bonds is 5. The number of carbonyl (C=O) groups is 1. The van der Waals surface area contributed by atoms with Crippen LogP contribution in [-0.2, 0) is 4.79 Å². The minimum absolute atomic E-state index is 0.0924. The molecule has 0 unspecified atom stereocenters. The Kier molecular flexibility index (Phi) is 4.55. The minimum Gasteiger partial charge on any atom is -0.340 e. The molecule has 4 rings (SSSR count). The molecule has 136 valence electrons. The number of aromatic nitrogens is 4. The number of nitrogens with one attached hydrogen (secondary N) is 1. The molecule has 3 heterocycles. The van der Waals surface area contributed by atoms with Gasteiger partial charge in [0.2, 0.25) is 16.0 Å². The molecule has 0 fully saturated rings. The van der Waals surface area contributed by atoms with Crippen molar-refractivity contribution in [2.75, 3.05) is 23.8 Å². The summed E-state index contributed by atoms with van der Waals surface area (Å²) in [6, 6.07) is 11.6. The summed E-state index contributed by atoms with van der Waals surface area (Å²) in [6.07, 6.45) is 5.37. The molecule has 27 heavy (non-hydrogen) atoms. The number of carbonyl (C=O) groups excluding carboxylic acids is 1. The highest BCUT2D eigenvalue weighted by Crippen LogP contribution is 2.25. The van der Waals surface area contributed by atoms with Crippen LogP contribution in [0.3, 0.4) is 0 Å². The first-order valence-corrected chi connectivity index (χ1v) is 9.24. The van der Waals surface area contributed by atoms with Gasteiger partial charge in [0.05, 0.1) is 18.4 Å². The van der Waals surface area contributed by atoms with Crippen LogP contribution in [0.1, 0.15) is 5.56 Å². The molecule has 7 nitrogen and oxygen atoms in total. The number of benzene rings is 1. The molecule has 0 aliphatic carbocycles. The molecule has 0 atom stereocenters. The SMILES string of the molecule is Cc1ccc(NC(=O)CN(C)c2nn3cc(-c4cccnc4)nc3s2)cc1. The Hall–Kier alpha value is -3.26. The van der Waals surface area contributed by atoms with Gasteiger partial charge in [-0.2, -0.15) is 0 Å². The molecule has 4 aromatic rings. The molecule has 8 heteroatoms. The number of pyridine rings is 1. The Labute approximate surface area is 160 Å². The zero-order valence-corrected chi connectivity index (χ0v) is 15.8. The van der Waals surface area contributed by atoms with Gasteiger partial charge in [0.25, 0.3) is 0 Å². The van der Waals surface area contributed by atoms with E-state index in [2.05, 4.69) is 20.4 Å². The zero-order chi connectivity index (χ0) is 18.8. The number of aryl methyl sites for hydroxylation is 1. The van der Waals surface area contributed by atoms with E-state index in [4.69, 9.17) is 0 Å². The predicted octanol–water partition coefficient (Wildman–Crippen LogP) is 3.24. The van der Waals surface area contributed by atoms with Crippen molar-refractivity contribution in [1.82, 2.24) is 19.6 Å². The minimum atomic E-state index is -0.0924. The molecule has 0 aliphatic rings. The molecular weight excluding hydrogens is 360 g/mol. The molecule has 0 spiro atoms. The molecule has 1 aromatic carbocycles. The van der Waals surface area contributed by atoms with E-state index in [9.17, 15) is 4.79 Å². The highest BCUT2D eigenvalue weighted by molar-refractivity contribution is 7.20. The van der Waals surface area contributed by atoms with Crippen LogP contribution in [0.15, 0.2) is 55.0 Å². The molecular formula is C19H18N6OS. The van der Waals surface area contributed by atoms with E-state index in [1.165, 1.54) is 11.3 Å². The molecule has 1 N–H and O–H groups in total. The quantitative estimate of drug-likeness (QED) is 0.577. The predicted molar refractivity (Wildman–Crippen MR) is 107 cm³/mol. The lowest BCUT2D eigenvalue weighted by molar-refractivity contribution is -0.114. The van der Waals surface area contributed by atoms with Crippen molar-refractivity contribution in [3.8, 4) is 11.3 Å². The van der Waals surface area contributed by atoms with Crippen LogP contribution >= 0.6 is 11.3 Å². The second-order valence-corrected chi connectivity index (χ2v) is 7.18. The maximum atomic E-state index is 12.3. The highest BCUT2D eigenvalue weighted by Gasteiger charge is 2.15. The highest BCUT2D eigenvalue weighted by atomic mass is 32.1. The molecule has 3 aromatic heterocycles. The topological polar surface area (TPSA) is 75.4 Å². The second kappa shape index (κ2) is 7.16. The number of likely N-dealkylation sites (N-methyl/N-ethyl adjacent to an activating group) is 1. The third kappa shape index (κ3) is 3.80. The first kappa shape index (κ1) is 17.2. The van der Waals surface area contributed by atoms with Gasteiger partial charge in [-0.05, 0) is 31.2 Å². The van der Waals surface area contributed by atoms with Gasteiger partial charge in [-0.1, -0.05) is 29.0 Å².